The highest BCUT2D eigenvalue weighted by Crippen LogP contribution is 2.37. The van der Waals surface area contributed by atoms with Gasteiger partial charge in [0.25, 0.3) is 0 Å². The SMILES string of the molecule is COc1ccccc1[C@H]1CCCN1C(=O)CCc1c(C)noc1Cl. The van der Waals surface area contributed by atoms with Gasteiger partial charge in [0, 0.05) is 24.1 Å². The van der Waals surface area contributed by atoms with Crippen molar-refractivity contribution in [3.8, 4) is 5.75 Å². The molecule has 128 valence electrons. The van der Waals surface area contributed by atoms with Crippen LogP contribution in [0.5, 0.6) is 5.75 Å². The average Bonchev–Trinajstić information content (AvgIpc) is 3.20. The van der Waals surface area contributed by atoms with E-state index in [1.807, 2.05) is 36.1 Å². The number of ether oxygens (including phenoxy) is 1. The van der Waals surface area contributed by atoms with Crippen molar-refractivity contribution in [2.75, 3.05) is 13.7 Å². The first-order chi connectivity index (χ1) is 11.6. The molecular formula is C18H21ClN2O3. The van der Waals surface area contributed by atoms with Gasteiger partial charge in [-0.25, -0.2) is 0 Å². The van der Waals surface area contributed by atoms with Crippen molar-refractivity contribution < 1.29 is 14.1 Å². The van der Waals surface area contributed by atoms with Crippen molar-refractivity contribution >= 4 is 17.5 Å². The summed E-state index contributed by atoms with van der Waals surface area (Å²) in [5.41, 5.74) is 2.64. The summed E-state index contributed by atoms with van der Waals surface area (Å²) in [6.07, 6.45) is 2.90. The van der Waals surface area contributed by atoms with Crippen molar-refractivity contribution in [1.29, 1.82) is 0 Å². The van der Waals surface area contributed by atoms with Crippen LogP contribution in [-0.2, 0) is 11.2 Å². The van der Waals surface area contributed by atoms with E-state index >= 15 is 0 Å². The van der Waals surface area contributed by atoms with Crippen LogP contribution >= 0.6 is 11.6 Å². The molecular weight excluding hydrogens is 328 g/mol. The van der Waals surface area contributed by atoms with E-state index in [-0.39, 0.29) is 17.2 Å². The van der Waals surface area contributed by atoms with Crippen LogP contribution in [0.25, 0.3) is 0 Å². The molecule has 1 atom stereocenters. The Balaban J connectivity index is 1.72. The van der Waals surface area contributed by atoms with Crippen LogP contribution in [0.1, 0.15) is 42.1 Å². The van der Waals surface area contributed by atoms with Gasteiger partial charge < -0.3 is 14.2 Å². The van der Waals surface area contributed by atoms with E-state index in [4.69, 9.17) is 20.9 Å². The number of hydrogen-bond acceptors (Lipinski definition) is 4. The van der Waals surface area contributed by atoms with Gasteiger partial charge in [-0.3, -0.25) is 4.79 Å². The zero-order chi connectivity index (χ0) is 17.1. The quantitative estimate of drug-likeness (QED) is 0.821. The predicted molar refractivity (Wildman–Crippen MR) is 91.3 cm³/mol. The van der Waals surface area contributed by atoms with Crippen molar-refractivity contribution in [2.24, 2.45) is 0 Å². The Morgan fingerprint density at radius 1 is 1.46 bits per heavy atom. The maximum absolute atomic E-state index is 12.7. The number of aryl methyl sites for hydroxylation is 1. The second-order valence-corrected chi connectivity index (χ2v) is 6.35. The van der Waals surface area contributed by atoms with Crippen molar-refractivity contribution in [2.45, 2.75) is 38.6 Å². The first-order valence-electron chi connectivity index (χ1n) is 8.15. The molecule has 1 aliphatic rings. The zero-order valence-electron chi connectivity index (χ0n) is 13.9. The van der Waals surface area contributed by atoms with Gasteiger partial charge in [-0.2, -0.15) is 0 Å². The number of nitrogens with zero attached hydrogens (tertiary/aromatic N) is 2. The van der Waals surface area contributed by atoms with E-state index in [1.54, 1.807) is 7.11 Å². The summed E-state index contributed by atoms with van der Waals surface area (Å²) in [4.78, 5) is 14.7. The lowest BCUT2D eigenvalue weighted by atomic mass is 10.0. The molecule has 0 unspecified atom stereocenters. The fraction of sp³-hybridized carbons (Fsp3) is 0.444. The number of methoxy groups -OCH3 is 1. The first kappa shape index (κ1) is 16.8. The number of hydrogen-bond donors (Lipinski definition) is 0. The summed E-state index contributed by atoms with van der Waals surface area (Å²) >= 11 is 5.98. The highest BCUT2D eigenvalue weighted by Gasteiger charge is 2.31. The Hall–Kier alpha value is -2.01. The molecule has 1 aromatic heterocycles. The molecule has 1 aromatic carbocycles. The van der Waals surface area contributed by atoms with Crippen LogP contribution < -0.4 is 4.74 Å². The molecule has 0 aliphatic carbocycles. The van der Waals surface area contributed by atoms with Crippen molar-refractivity contribution in [3.05, 3.63) is 46.3 Å². The Morgan fingerprint density at radius 2 is 2.25 bits per heavy atom. The van der Waals surface area contributed by atoms with Crippen molar-refractivity contribution in [3.63, 3.8) is 0 Å². The molecule has 24 heavy (non-hydrogen) atoms. The van der Waals surface area contributed by atoms with Gasteiger partial charge in [0.05, 0.1) is 18.8 Å². The molecule has 0 spiro atoms. The lowest BCUT2D eigenvalue weighted by Crippen LogP contribution is -2.31. The van der Waals surface area contributed by atoms with Crippen LogP contribution in [0, 0.1) is 6.92 Å². The van der Waals surface area contributed by atoms with Crippen LogP contribution in [0.3, 0.4) is 0 Å². The minimum atomic E-state index is 0.0766. The van der Waals surface area contributed by atoms with Crippen LogP contribution in [0.4, 0.5) is 0 Å². The topological polar surface area (TPSA) is 55.6 Å². The maximum atomic E-state index is 12.7. The minimum Gasteiger partial charge on any atom is -0.496 e. The predicted octanol–water partition coefficient (Wildman–Crippen LogP) is 3.94. The lowest BCUT2D eigenvalue weighted by Gasteiger charge is -2.26. The molecule has 0 saturated carbocycles. The third-order valence-electron chi connectivity index (χ3n) is 4.60. The Morgan fingerprint density at radius 3 is 2.96 bits per heavy atom. The molecule has 6 heteroatoms. The van der Waals surface area contributed by atoms with Crippen LogP contribution in [0.2, 0.25) is 5.22 Å². The van der Waals surface area contributed by atoms with E-state index in [0.717, 1.165) is 42.0 Å². The molecule has 0 radical (unpaired) electrons. The molecule has 0 N–H and O–H groups in total. The lowest BCUT2D eigenvalue weighted by molar-refractivity contribution is -0.132. The van der Waals surface area contributed by atoms with E-state index < -0.39 is 0 Å². The molecule has 5 nitrogen and oxygen atoms in total. The Kier molecular flexibility index (Phi) is 5.09. The van der Waals surface area contributed by atoms with Gasteiger partial charge in [-0.1, -0.05) is 23.4 Å². The summed E-state index contributed by atoms with van der Waals surface area (Å²) in [6.45, 7) is 2.61. The molecule has 3 rings (SSSR count). The number of halogens is 1. The fourth-order valence-electron chi connectivity index (χ4n) is 3.35. The highest BCUT2D eigenvalue weighted by molar-refractivity contribution is 6.29. The smallest absolute Gasteiger partial charge is 0.229 e. The summed E-state index contributed by atoms with van der Waals surface area (Å²) in [5.74, 6) is 0.959. The monoisotopic (exact) mass is 348 g/mol. The number of likely N-dealkylation sites (tertiary alicyclic amines) is 1. The van der Waals surface area contributed by atoms with E-state index in [1.165, 1.54) is 0 Å². The van der Waals surface area contributed by atoms with Gasteiger partial charge >= 0.3 is 0 Å². The number of carbonyl (C=O) groups excluding carboxylic acids is 1. The number of rotatable bonds is 5. The standard InChI is InChI=1S/C18H21ClN2O3/c1-12-13(18(19)24-20-12)9-10-17(22)21-11-5-7-15(21)14-6-3-4-8-16(14)23-2/h3-4,6,8,15H,5,7,9-11H2,1-2H3/t15-/m1/s1. The first-order valence-corrected chi connectivity index (χ1v) is 8.52. The Labute approximate surface area is 146 Å². The number of carbonyl (C=O) groups is 1. The summed E-state index contributed by atoms with van der Waals surface area (Å²) in [7, 11) is 1.66. The third kappa shape index (κ3) is 3.26. The number of para-hydroxylation sites is 1. The fourth-order valence-corrected chi connectivity index (χ4v) is 3.61. The zero-order valence-corrected chi connectivity index (χ0v) is 14.7. The average molecular weight is 349 g/mol. The number of benzene rings is 1. The van der Waals surface area contributed by atoms with Gasteiger partial charge in [-0.15, -0.1) is 0 Å². The maximum Gasteiger partial charge on any atom is 0.229 e. The highest BCUT2D eigenvalue weighted by atomic mass is 35.5. The van der Waals surface area contributed by atoms with Crippen molar-refractivity contribution in [1.82, 2.24) is 10.1 Å². The second-order valence-electron chi connectivity index (χ2n) is 6.01. The van der Waals surface area contributed by atoms with E-state index in [0.29, 0.717) is 12.8 Å². The second kappa shape index (κ2) is 7.26. The Bertz CT molecular complexity index is 709. The largest absolute Gasteiger partial charge is 0.496 e. The van der Waals surface area contributed by atoms with Gasteiger partial charge in [0.15, 0.2) is 0 Å². The molecule has 2 aromatic rings. The molecule has 1 fully saturated rings. The third-order valence-corrected chi connectivity index (χ3v) is 4.89. The molecule has 1 amide bonds. The van der Waals surface area contributed by atoms with E-state index in [2.05, 4.69) is 5.16 Å². The van der Waals surface area contributed by atoms with Crippen LogP contribution in [0.15, 0.2) is 28.8 Å². The van der Waals surface area contributed by atoms with Gasteiger partial charge in [0.2, 0.25) is 11.1 Å². The minimum absolute atomic E-state index is 0.0766. The van der Waals surface area contributed by atoms with Crippen LogP contribution in [-0.4, -0.2) is 29.6 Å². The summed E-state index contributed by atoms with van der Waals surface area (Å²) in [6, 6.07) is 7.99. The summed E-state index contributed by atoms with van der Waals surface area (Å²) in [5, 5.41) is 4.11. The molecule has 1 aliphatic heterocycles. The number of amides is 1. The summed E-state index contributed by atoms with van der Waals surface area (Å²) < 4.78 is 10.4. The number of aromatic nitrogens is 1. The van der Waals surface area contributed by atoms with E-state index in [9.17, 15) is 4.79 Å². The van der Waals surface area contributed by atoms with Gasteiger partial charge in [0.1, 0.15) is 5.75 Å². The van der Waals surface area contributed by atoms with Gasteiger partial charge in [-0.05, 0) is 43.9 Å². The molecule has 0 bridgehead atoms. The molecule has 2 heterocycles. The normalized spacial score (nSPS) is 17.3. The molecule has 1 saturated heterocycles.